The molecule has 0 aliphatic carbocycles. The molecule has 26 heavy (non-hydrogen) atoms. The van der Waals surface area contributed by atoms with Crippen molar-refractivity contribution in [2.24, 2.45) is 5.41 Å². The summed E-state index contributed by atoms with van der Waals surface area (Å²) >= 11 is 0. The smallest absolute Gasteiger partial charge is 0.222 e. The number of carbonyl (C=O) groups excluding carboxylic acids is 1. The summed E-state index contributed by atoms with van der Waals surface area (Å²) in [5.41, 5.74) is 1.34. The fourth-order valence-corrected chi connectivity index (χ4v) is 4.20. The summed E-state index contributed by atoms with van der Waals surface area (Å²) < 4.78 is 10.6. The summed E-state index contributed by atoms with van der Waals surface area (Å²) in [6, 6.07) is 2.09. The standard InChI is InChI=1S/C20H33N3O3/c1-16(2)18-13-17(26-21-18)14-22-10-7-20(8-11-22)6-5-19(24)23(15-20)9-4-12-25-3/h13,16H,4-12,14-15H2,1-3H3. The third-order valence-electron chi connectivity index (χ3n) is 5.99. The van der Waals surface area contributed by atoms with Gasteiger partial charge in [-0.25, -0.2) is 0 Å². The van der Waals surface area contributed by atoms with Gasteiger partial charge in [-0.3, -0.25) is 9.69 Å². The van der Waals surface area contributed by atoms with Crippen LogP contribution in [0.2, 0.25) is 0 Å². The molecule has 0 unspecified atom stereocenters. The highest BCUT2D eigenvalue weighted by Crippen LogP contribution is 2.40. The summed E-state index contributed by atoms with van der Waals surface area (Å²) in [5.74, 6) is 1.68. The number of rotatable bonds is 7. The summed E-state index contributed by atoms with van der Waals surface area (Å²) in [6.07, 6.45) is 4.99. The van der Waals surface area contributed by atoms with Crippen LogP contribution in [0.4, 0.5) is 0 Å². The van der Waals surface area contributed by atoms with Crippen molar-refractivity contribution in [2.75, 3.05) is 39.9 Å². The van der Waals surface area contributed by atoms with Crippen LogP contribution >= 0.6 is 0 Å². The molecule has 2 aliphatic heterocycles. The van der Waals surface area contributed by atoms with Crippen molar-refractivity contribution in [3.63, 3.8) is 0 Å². The van der Waals surface area contributed by atoms with Crippen LogP contribution in [0, 0.1) is 5.41 Å². The van der Waals surface area contributed by atoms with Crippen LogP contribution in [-0.2, 0) is 16.1 Å². The molecule has 0 bridgehead atoms. The van der Waals surface area contributed by atoms with Crippen LogP contribution in [0.5, 0.6) is 0 Å². The monoisotopic (exact) mass is 363 g/mol. The van der Waals surface area contributed by atoms with Gasteiger partial charge < -0.3 is 14.2 Å². The van der Waals surface area contributed by atoms with Gasteiger partial charge in [-0.05, 0) is 50.1 Å². The Labute approximate surface area is 156 Å². The van der Waals surface area contributed by atoms with Gasteiger partial charge >= 0.3 is 0 Å². The lowest BCUT2D eigenvalue weighted by molar-refractivity contribution is -0.139. The number of ether oxygens (including phenoxy) is 1. The first-order valence-corrected chi connectivity index (χ1v) is 9.96. The third-order valence-corrected chi connectivity index (χ3v) is 5.99. The Morgan fingerprint density at radius 1 is 1.31 bits per heavy atom. The first-order valence-electron chi connectivity index (χ1n) is 9.96. The first-order chi connectivity index (χ1) is 12.5. The molecule has 3 heterocycles. The molecule has 1 spiro atoms. The predicted octanol–water partition coefficient (Wildman–Crippen LogP) is 3.04. The van der Waals surface area contributed by atoms with Gasteiger partial charge in [-0.2, -0.15) is 0 Å². The maximum Gasteiger partial charge on any atom is 0.222 e. The van der Waals surface area contributed by atoms with E-state index in [0.717, 1.165) is 76.5 Å². The van der Waals surface area contributed by atoms with E-state index in [1.165, 1.54) is 0 Å². The number of methoxy groups -OCH3 is 1. The van der Waals surface area contributed by atoms with Gasteiger partial charge in [-0.15, -0.1) is 0 Å². The summed E-state index contributed by atoms with van der Waals surface area (Å²) in [4.78, 5) is 16.8. The van der Waals surface area contributed by atoms with Crippen LogP contribution in [0.1, 0.15) is 63.3 Å². The van der Waals surface area contributed by atoms with Crippen LogP contribution in [0.25, 0.3) is 0 Å². The van der Waals surface area contributed by atoms with E-state index in [1.54, 1.807) is 7.11 Å². The fourth-order valence-electron chi connectivity index (χ4n) is 4.20. The Kier molecular flexibility index (Phi) is 6.35. The van der Waals surface area contributed by atoms with E-state index in [0.29, 0.717) is 23.7 Å². The van der Waals surface area contributed by atoms with Crippen molar-refractivity contribution < 1.29 is 14.1 Å². The average molecular weight is 364 g/mol. The third kappa shape index (κ3) is 4.65. The zero-order chi connectivity index (χ0) is 18.6. The quantitative estimate of drug-likeness (QED) is 0.697. The molecule has 6 nitrogen and oxygen atoms in total. The molecule has 1 aromatic rings. The van der Waals surface area contributed by atoms with Crippen molar-refractivity contribution in [1.82, 2.24) is 15.0 Å². The van der Waals surface area contributed by atoms with Crippen molar-refractivity contribution in [3.05, 3.63) is 17.5 Å². The fraction of sp³-hybridized carbons (Fsp3) is 0.800. The second kappa shape index (κ2) is 8.53. The normalized spacial score (nSPS) is 21.1. The number of aromatic nitrogens is 1. The van der Waals surface area contributed by atoms with Crippen molar-refractivity contribution in [2.45, 2.75) is 58.4 Å². The van der Waals surface area contributed by atoms with Gasteiger partial charge in [0.1, 0.15) is 0 Å². The Bertz CT molecular complexity index is 591. The minimum Gasteiger partial charge on any atom is -0.385 e. The Balaban J connectivity index is 1.50. The largest absolute Gasteiger partial charge is 0.385 e. The molecule has 146 valence electrons. The van der Waals surface area contributed by atoms with Crippen molar-refractivity contribution >= 4 is 5.91 Å². The summed E-state index contributed by atoms with van der Waals surface area (Å²) in [6.45, 7) is 9.71. The molecule has 0 atom stereocenters. The number of piperidine rings is 2. The van der Waals surface area contributed by atoms with Gasteiger partial charge in [0.05, 0.1) is 12.2 Å². The lowest BCUT2D eigenvalue weighted by Gasteiger charge is -2.47. The maximum atomic E-state index is 12.2. The molecule has 3 rings (SSSR count). The van der Waals surface area contributed by atoms with E-state index in [-0.39, 0.29) is 0 Å². The van der Waals surface area contributed by atoms with E-state index in [9.17, 15) is 4.79 Å². The van der Waals surface area contributed by atoms with Gasteiger partial charge in [-0.1, -0.05) is 19.0 Å². The van der Waals surface area contributed by atoms with E-state index in [2.05, 4.69) is 34.9 Å². The number of hydrogen-bond acceptors (Lipinski definition) is 5. The Morgan fingerprint density at radius 2 is 2.08 bits per heavy atom. The van der Waals surface area contributed by atoms with Gasteiger partial charge in [0.25, 0.3) is 0 Å². The van der Waals surface area contributed by atoms with Crippen molar-refractivity contribution in [3.8, 4) is 0 Å². The zero-order valence-electron chi connectivity index (χ0n) is 16.5. The highest BCUT2D eigenvalue weighted by Gasteiger charge is 2.40. The maximum absolute atomic E-state index is 12.2. The Morgan fingerprint density at radius 3 is 2.73 bits per heavy atom. The summed E-state index contributed by atoms with van der Waals surface area (Å²) in [5, 5.41) is 4.16. The van der Waals surface area contributed by atoms with Crippen LogP contribution in [-0.4, -0.2) is 60.8 Å². The molecule has 2 saturated heterocycles. The zero-order valence-corrected chi connectivity index (χ0v) is 16.5. The average Bonchev–Trinajstić information content (AvgIpc) is 3.09. The van der Waals surface area contributed by atoms with Gasteiger partial charge in [0, 0.05) is 39.3 Å². The molecule has 2 aliphatic rings. The number of amides is 1. The van der Waals surface area contributed by atoms with Gasteiger partial charge in [0.15, 0.2) is 5.76 Å². The molecule has 0 N–H and O–H groups in total. The summed E-state index contributed by atoms with van der Waals surface area (Å²) in [7, 11) is 1.72. The highest BCUT2D eigenvalue weighted by atomic mass is 16.5. The van der Waals surface area contributed by atoms with E-state index < -0.39 is 0 Å². The molecule has 0 aromatic carbocycles. The predicted molar refractivity (Wildman–Crippen MR) is 99.8 cm³/mol. The molecule has 0 radical (unpaired) electrons. The lowest BCUT2D eigenvalue weighted by Crippen LogP contribution is -2.51. The molecule has 1 amide bonds. The first kappa shape index (κ1) is 19.4. The highest BCUT2D eigenvalue weighted by molar-refractivity contribution is 5.77. The molecule has 6 heteroatoms. The van der Waals surface area contributed by atoms with E-state index >= 15 is 0 Å². The number of nitrogens with zero attached hydrogens (tertiary/aromatic N) is 3. The second-order valence-corrected chi connectivity index (χ2v) is 8.31. The van der Waals surface area contributed by atoms with Crippen LogP contribution < -0.4 is 0 Å². The SMILES string of the molecule is COCCCN1CC2(CCC1=O)CCN(Cc1cc(C(C)C)no1)CC2. The molecule has 2 fully saturated rings. The van der Waals surface area contributed by atoms with Crippen molar-refractivity contribution in [1.29, 1.82) is 0 Å². The minimum atomic E-state index is 0.308. The topological polar surface area (TPSA) is 58.8 Å². The van der Waals surface area contributed by atoms with E-state index in [1.807, 2.05) is 0 Å². The number of likely N-dealkylation sites (tertiary alicyclic amines) is 2. The number of hydrogen-bond donors (Lipinski definition) is 0. The molecular weight excluding hydrogens is 330 g/mol. The lowest BCUT2D eigenvalue weighted by atomic mass is 9.72. The Hall–Kier alpha value is -1.40. The van der Waals surface area contributed by atoms with E-state index in [4.69, 9.17) is 9.26 Å². The molecular formula is C20H33N3O3. The number of carbonyl (C=O) groups is 1. The van der Waals surface area contributed by atoms with Crippen LogP contribution in [0.15, 0.2) is 10.6 Å². The second-order valence-electron chi connectivity index (χ2n) is 8.31. The van der Waals surface area contributed by atoms with Gasteiger partial charge in [0.2, 0.25) is 5.91 Å². The molecule has 1 aromatic heterocycles. The molecule has 0 saturated carbocycles. The van der Waals surface area contributed by atoms with Crippen LogP contribution in [0.3, 0.4) is 0 Å². The minimum absolute atomic E-state index is 0.308.